The van der Waals surface area contributed by atoms with Crippen molar-refractivity contribution in [2.24, 2.45) is 4.99 Å². The Kier molecular flexibility index (Phi) is 9.90. The van der Waals surface area contributed by atoms with Crippen LogP contribution in [-0.2, 0) is 30.1 Å². The zero-order valence-corrected chi connectivity index (χ0v) is 20.4. The molecular weight excluding hydrogens is 514 g/mol. The predicted octanol–water partition coefficient (Wildman–Crippen LogP) is 3.56. The third-order valence-electron chi connectivity index (χ3n) is 5.03. The van der Waals surface area contributed by atoms with Crippen LogP contribution in [0.4, 0.5) is 4.39 Å². The van der Waals surface area contributed by atoms with Crippen molar-refractivity contribution in [3.63, 3.8) is 0 Å². The number of aliphatic imine (C=N–C) groups is 1. The second-order valence-corrected chi connectivity index (χ2v) is 7.83. The highest BCUT2D eigenvalue weighted by molar-refractivity contribution is 14.0. The molecule has 0 aromatic heterocycles. The first-order chi connectivity index (χ1) is 14.1. The van der Waals surface area contributed by atoms with Crippen molar-refractivity contribution < 1.29 is 9.18 Å². The van der Waals surface area contributed by atoms with Crippen molar-refractivity contribution in [2.45, 2.75) is 25.3 Å². The number of nitrogens with zero attached hydrogens (tertiary/aromatic N) is 2. The fourth-order valence-corrected chi connectivity index (χ4v) is 4.02. The van der Waals surface area contributed by atoms with E-state index in [0.717, 1.165) is 29.8 Å². The first kappa shape index (κ1) is 24.5. The summed E-state index contributed by atoms with van der Waals surface area (Å²) < 4.78 is 13.5. The minimum atomic E-state index is -0.228. The molecular formula is C22H28FIN4OS. The fourth-order valence-electron chi connectivity index (χ4n) is 3.44. The molecule has 8 heteroatoms. The molecule has 30 heavy (non-hydrogen) atoms. The van der Waals surface area contributed by atoms with Gasteiger partial charge in [0.05, 0.1) is 6.54 Å². The summed E-state index contributed by atoms with van der Waals surface area (Å²) in [5, 5.41) is 6.31. The Morgan fingerprint density at radius 3 is 2.67 bits per heavy atom. The molecule has 0 saturated carbocycles. The molecule has 0 fully saturated rings. The van der Waals surface area contributed by atoms with Crippen LogP contribution in [0.5, 0.6) is 0 Å². The Hall–Kier alpha value is -1.81. The average molecular weight is 542 g/mol. The largest absolute Gasteiger partial charge is 0.352 e. The third-order valence-corrected chi connectivity index (χ3v) is 5.63. The maximum Gasteiger partial charge on any atom is 0.242 e. The highest BCUT2D eigenvalue weighted by atomic mass is 127. The van der Waals surface area contributed by atoms with E-state index < -0.39 is 0 Å². The van der Waals surface area contributed by atoms with Crippen LogP contribution in [0.1, 0.15) is 22.3 Å². The van der Waals surface area contributed by atoms with Gasteiger partial charge in [0.2, 0.25) is 5.91 Å². The van der Waals surface area contributed by atoms with E-state index in [-0.39, 0.29) is 42.2 Å². The number of thioether (sulfide) groups is 1. The predicted molar refractivity (Wildman–Crippen MR) is 133 cm³/mol. The third kappa shape index (κ3) is 6.60. The van der Waals surface area contributed by atoms with Crippen molar-refractivity contribution in [1.29, 1.82) is 0 Å². The first-order valence-corrected chi connectivity index (χ1v) is 11.1. The maximum absolute atomic E-state index is 13.5. The van der Waals surface area contributed by atoms with Gasteiger partial charge in [-0.3, -0.25) is 9.79 Å². The first-order valence-electron chi connectivity index (χ1n) is 9.66. The van der Waals surface area contributed by atoms with Gasteiger partial charge in [-0.25, -0.2) is 4.39 Å². The summed E-state index contributed by atoms with van der Waals surface area (Å²) in [4.78, 5) is 18.7. The number of amides is 1. The van der Waals surface area contributed by atoms with E-state index in [1.165, 1.54) is 17.2 Å². The van der Waals surface area contributed by atoms with Crippen molar-refractivity contribution in [2.75, 3.05) is 26.4 Å². The number of carbonyl (C=O) groups excluding carboxylic acids is 1. The van der Waals surface area contributed by atoms with Crippen LogP contribution in [0.2, 0.25) is 0 Å². The summed E-state index contributed by atoms with van der Waals surface area (Å²) in [5.74, 6) is 1.12. The van der Waals surface area contributed by atoms with Crippen LogP contribution in [0.25, 0.3) is 0 Å². The topological polar surface area (TPSA) is 56.7 Å². The number of nitrogens with one attached hydrogen (secondary N) is 2. The van der Waals surface area contributed by atoms with E-state index in [2.05, 4.69) is 27.8 Å². The summed E-state index contributed by atoms with van der Waals surface area (Å²) in [6.07, 6.45) is 2.88. The molecule has 1 amide bonds. The van der Waals surface area contributed by atoms with Gasteiger partial charge in [-0.15, -0.1) is 24.0 Å². The molecule has 2 aromatic carbocycles. The molecule has 0 saturated heterocycles. The van der Waals surface area contributed by atoms with Crippen molar-refractivity contribution >= 4 is 47.6 Å². The minimum absolute atomic E-state index is 0. The zero-order valence-electron chi connectivity index (χ0n) is 17.3. The molecule has 2 N–H and O–H groups in total. The van der Waals surface area contributed by atoms with E-state index in [1.807, 2.05) is 23.3 Å². The van der Waals surface area contributed by atoms with Gasteiger partial charge in [0.1, 0.15) is 5.82 Å². The summed E-state index contributed by atoms with van der Waals surface area (Å²) in [6.45, 7) is 2.08. The Bertz CT molecular complexity index is 893. The lowest BCUT2D eigenvalue weighted by molar-refractivity contribution is -0.130. The highest BCUT2D eigenvalue weighted by Gasteiger charge is 2.20. The average Bonchev–Trinajstić information content (AvgIpc) is 2.74. The number of benzene rings is 2. The van der Waals surface area contributed by atoms with Crippen LogP contribution in [0.15, 0.2) is 47.5 Å². The van der Waals surface area contributed by atoms with Crippen LogP contribution in [0, 0.1) is 5.82 Å². The fraction of sp³-hybridized carbons (Fsp3) is 0.364. The molecule has 5 nitrogen and oxygen atoms in total. The molecule has 3 rings (SSSR count). The van der Waals surface area contributed by atoms with Crippen LogP contribution in [-0.4, -0.2) is 43.2 Å². The monoisotopic (exact) mass is 542 g/mol. The number of hydrogen-bond donors (Lipinski definition) is 2. The van der Waals surface area contributed by atoms with Gasteiger partial charge in [-0.2, -0.15) is 11.8 Å². The van der Waals surface area contributed by atoms with Crippen molar-refractivity contribution in [1.82, 2.24) is 15.5 Å². The summed E-state index contributed by atoms with van der Waals surface area (Å²) >= 11 is 1.65. The summed E-state index contributed by atoms with van der Waals surface area (Å²) in [5.41, 5.74) is 4.51. The van der Waals surface area contributed by atoms with Crippen LogP contribution < -0.4 is 10.6 Å². The molecule has 1 heterocycles. The van der Waals surface area contributed by atoms with E-state index in [0.29, 0.717) is 19.0 Å². The Morgan fingerprint density at radius 1 is 1.17 bits per heavy atom. The molecule has 0 radical (unpaired) electrons. The highest BCUT2D eigenvalue weighted by Crippen LogP contribution is 2.18. The quantitative estimate of drug-likeness (QED) is 0.333. The van der Waals surface area contributed by atoms with E-state index in [4.69, 9.17) is 0 Å². The molecule has 0 aliphatic carbocycles. The van der Waals surface area contributed by atoms with Gasteiger partial charge in [0.25, 0.3) is 0 Å². The minimum Gasteiger partial charge on any atom is -0.352 e. The van der Waals surface area contributed by atoms with E-state index >= 15 is 0 Å². The molecule has 0 unspecified atom stereocenters. The Balaban J connectivity index is 0.00000320. The lowest BCUT2D eigenvalue weighted by Gasteiger charge is -2.29. The number of fused-ring (bicyclic) bond motifs is 1. The standard InChI is InChI=1S/C22H27FN4OS.HI/c1-24-22(25-12-17-7-8-20(23)11-19(17)15-29-2)26-13-21(28)27-10-9-16-5-3-4-6-18(16)14-27;/h3-8,11H,9-10,12-15H2,1-2H3,(H2,24,25,26);1H. The molecule has 162 valence electrons. The smallest absolute Gasteiger partial charge is 0.242 e. The Labute approximate surface area is 198 Å². The Morgan fingerprint density at radius 2 is 1.93 bits per heavy atom. The van der Waals surface area contributed by atoms with Crippen molar-refractivity contribution in [3.8, 4) is 0 Å². The van der Waals surface area contributed by atoms with E-state index in [9.17, 15) is 9.18 Å². The lowest BCUT2D eigenvalue weighted by Crippen LogP contribution is -2.45. The lowest BCUT2D eigenvalue weighted by atomic mass is 10.00. The number of guanidine groups is 1. The number of halogens is 2. The summed E-state index contributed by atoms with van der Waals surface area (Å²) in [7, 11) is 1.67. The second-order valence-electron chi connectivity index (χ2n) is 6.96. The van der Waals surface area contributed by atoms with Gasteiger partial charge in [0, 0.05) is 32.4 Å². The van der Waals surface area contributed by atoms with Gasteiger partial charge in [0.15, 0.2) is 5.96 Å². The van der Waals surface area contributed by atoms with Crippen LogP contribution >= 0.6 is 35.7 Å². The number of hydrogen-bond acceptors (Lipinski definition) is 3. The normalized spacial score (nSPS) is 13.3. The number of carbonyl (C=O) groups is 1. The maximum atomic E-state index is 13.5. The van der Waals surface area contributed by atoms with Crippen LogP contribution in [0.3, 0.4) is 0 Å². The van der Waals surface area contributed by atoms with Gasteiger partial charge >= 0.3 is 0 Å². The molecule has 0 bridgehead atoms. The van der Waals surface area contributed by atoms with Gasteiger partial charge in [-0.05, 0) is 47.1 Å². The molecule has 2 aromatic rings. The summed E-state index contributed by atoms with van der Waals surface area (Å²) in [6, 6.07) is 13.1. The van der Waals surface area contributed by atoms with Gasteiger partial charge in [-0.1, -0.05) is 30.3 Å². The SMILES string of the molecule is CN=C(NCC(=O)N1CCc2ccccc2C1)NCc1ccc(F)cc1CSC.I. The molecule has 0 atom stereocenters. The number of rotatable bonds is 6. The second kappa shape index (κ2) is 12.1. The molecule has 1 aliphatic rings. The van der Waals surface area contributed by atoms with Gasteiger partial charge < -0.3 is 15.5 Å². The zero-order chi connectivity index (χ0) is 20.6. The van der Waals surface area contributed by atoms with E-state index in [1.54, 1.807) is 30.9 Å². The molecule has 0 spiro atoms. The molecule has 1 aliphatic heterocycles. The van der Waals surface area contributed by atoms with Crippen molar-refractivity contribution in [3.05, 3.63) is 70.5 Å².